The second kappa shape index (κ2) is 17.9. The maximum absolute atomic E-state index is 14.5. The van der Waals surface area contributed by atoms with Crippen molar-refractivity contribution in [2.75, 3.05) is 46.2 Å². The van der Waals surface area contributed by atoms with Crippen LogP contribution in [-0.4, -0.2) is 111 Å². The number of benzene rings is 2. The van der Waals surface area contributed by atoms with Crippen molar-refractivity contribution in [3.05, 3.63) is 54.1 Å². The van der Waals surface area contributed by atoms with Crippen molar-refractivity contribution in [2.45, 2.75) is 95.1 Å². The third kappa shape index (κ3) is 10.1. The number of ether oxygens (including phenoxy) is 5. The van der Waals surface area contributed by atoms with E-state index in [4.69, 9.17) is 23.7 Å². The fourth-order valence-corrected chi connectivity index (χ4v) is 8.81. The lowest BCUT2D eigenvalue weighted by Crippen LogP contribution is -2.58. The summed E-state index contributed by atoms with van der Waals surface area (Å²) in [5.74, 6) is 0.522. The third-order valence-electron chi connectivity index (χ3n) is 9.93. The summed E-state index contributed by atoms with van der Waals surface area (Å²) >= 11 is 0. The number of carbonyl (C=O) groups is 2. The number of alkyl carbamates (subject to hydrolysis) is 1. The molecule has 0 spiro atoms. The molecular formula is C37H53N3O11S. The molecule has 2 saturated heterocycles. The molecule has 14 nitrogen and oxygen atoms in total. The summed E-state index contributed by atoms with van der Waals surface area (Å²) in [4.78, 5) is 26.2. The van der Waals surface area contributed by atoms with E-state index in [0.29, 0.717) is 50.3 Å². The summed E-state index contributed by atoms with van der Waals surface area (Å²) in [6, 6.07) is 12.0. The zero-order chi connectivity index (χ0) is 37.3. The molecule has 5 rings (SSSR count). The van der Waals surface area contributed by atoms with Gasteiger partial charge in [0.25, 0.3) is 0 Å². The standard InChI is InChI=1S/C37H53N3O11S/c1-4-5-17-38-35(42)48-18-10-9-16-37(2,3)24-39(52(45,46)27-13-14-32-33(21-27)51-25-50-32)22-31(41)29(20-26-11-7-6-8-12-26)40(36(43)44)30-23-49-34-28(30)15-19-47-34/h6-8,11-14,21,28-31,34,41H,4-5,9-10,15-20,22-25H2,1-3H3,(H,38,42)(H,43,44)/t28-,29-,30-,31+,34+/m0/s1. The molecule has 0 saturated carbocycles. The van der Waals surface area contributed by atoms with E-state index in [0.717, 1.165) is 18.4 Å². The van der Waals surface area contributed by atoms with Gasteiger partial charge in [-0.15, -0.1) is 0 Å². The number of carboxylic acid groups (broad SMARTS) is 1. The lowest BCUT2D eigenvalue weighted by Gasteiger charge is -2.40. The number of aliphatic hydroxyl groups is 1. The van der Waals surface area contributed by atoms with Crippen LogP contribution >= 0.6 is 0 Å². The first-order valence-electron chi connectivity index (χ1n) is 18.2. The molecule has 288 valence electrons. The average Bonchev–Trinajstić information content (AvgIpc) is 3.86. The van der Waals surface area contributed by atoms with Crippen molar-refractivity contribution in [1.82, 2.24) is 14.5 Å². The minimum Gasteiger partial charge on any atom is -0.465 e. The molecule has 3 aliphatic rings. The number of nitrogens with one attached hydrogen (secondary N) is 1. The molecule has 0 bridgehead atoms. The molecule has 3 aliphatic heterocycles. The normalized spacial score (nSPS) is 20.8. The topological polar surface area (TPSA) is 173 Å². The average molecular weight is 748 g/mol. The quantitative estimate of drug-likeness (QED) is 0.168. The van der Waals surface area contributed by atoms with Gasteiger partial charge < -0.3 is 39.2 Å². The Kier molecular flexibility index (Phi) is 13.6. The predicted molar refractivity (Wildman–Crippen MR) is 191 cm³/mol. The van der Waals surface area contributed by atoms with Crippen LogP contribution in [0.15, 0.2) is 53.4 Å². The zero-order valence-electron chi connectivity index (χ0n) is 30.3. The zero-order valence-corrected chi connectivity index (χ0v) is 31.1. The molecule has 0 aromatic heterocycles. The number of carbonyl (C=O) groups excluding carboxylic acids is 1. The Morgan fingerprint density at radius 1 is 1.06 bits per heavy atom. The fourth-order valence-electron chi connectivity index (χ4n) is 7.14. The summed E-state index contributed by atoms with van der Waals surface area (Å²) in [5.41, 5.74) is 0.212. The lowest BCUT2D eigenvalue weighted by atomic mass is 9.87. The van der Waals surface area contributed by atoms with Crippen LogP contribution in [0.5, 0.6) is 11.5 Å². The van der Waals surface area contributed by atoms with E-state index in [1.165, 1.54) is 27.4 Å². The second-order valence-electron chi connectivity index (χ2n) is 14.5. The van der Waals surface area contributed by atoms with Gasteiger partial charge in [0.05, 0.1) is 42.9 Å². The molecule has 0 radical (unpaired) electrons. The van der Waals surface area contributed by atoms with Crippen molar-refractivity contribution in [3.63, 3.8) is 0 Å². The molecule has 2 fully saturated rings. The number of aliphatic hydroxyl groups excluding tert-OH is 1. The Hall–Kier alpha value is -3.63. The van der Waals surface area contributed by atoms with Gasteiger partial charge in [-0.2, -0.15) is 4.31 Å². The van der Waals surface area contributed by atoms with Gasteiger partial charge in [0, 0.05) is 31.6 Å². The molecule has 0 unspecified atom stereocenters. The van der Waals surface area contributed by atoms with Gasteiger partial charge in [-0.1, -0.05) is 57.5 Å². The van der Waals surface area contributed by atoms with Gasteiger partial charge in [-0.05, 0) is 61.6 Å². The Morgan fingerprint density at radius 3 is 2.58 bits per heavy atom. The first kappa shape index (κ1) is 39.6. The van der Waals surface area contributed by atoms with Crippen LogP contribution in [0, 0.1) is 11.3 Å². The van der Waals surface area contributed by atoms with Crippen LogP contribution in [0.2, 0.25) is 0 Å². The van der Waals surface area contributed by atoms with E-state index in [2.05, 4.69) is 5.32 Å². The monoisotopic (exact) mass is 747 g/mol. The molecule has 3 heterocycles. The molecule has 52 heavy (non-hydrogen) atoms. The Bertz CT molecular complexity index is 1590. The number of amides is 2. The highest BCUT2D eigenvalue weighted by Crippen LogP contribution is 2.38. The van der Waals surface area contributed by atoms with Gasteiger partial charge in [-0.25, -0.2) is 18.0 Å². The number of hydrogen-bond acceptors (Lipinski definition) is 10. The predicted octanol–water partition coefficient (Wildman–Crippen LogP) is 4.84. The van der Waals surface area contributed by atoms with Gasteiger partial charge in [0.15, 0.2) is 17.8 Å². The molecule has 3 N–H and O–H groups in total. The van der Waals surface area contributed by atoms with E-state index in [-0.39, 0.29) is 50.3 Å². The van der Waals surface area contributed by atoms with Crippen molar-refractivity contribution in [1.29, 1.82) is 0 Å². The number of sulfonamides is 1. The van der Waals surface area contributed by atoms with Crippen molar-refractivity contribution >= 4 is 22.2 Å². The molecule has 2 aromatic rings. The molecule has 2 aromatic carbocycles. The third-order valence-corrected chi connectivity index (χ3v) is 11.7. The van der Waals surface area contributed by atoms with Gasteiger partial charge in [0.2, 0.25) is 16.8 Å². The van der Waals surface area contributed by atoms with Crippen LogP contribution < -0.4 is 14.8 Å². The van der Waals surface area contributed by atoms with E-state index >= 15 is 0 Å². The Balaban J connectivity index is 1.38. The van der Waals surface area contributed by atoms with Crippen LogP contribution in [0.4, 0.5) is 9.59 Å². The van der Waals surface area contributed by atoms with E-state index < -0.39 is 52.1 Å². The SMILES string of the molecule is CCCCNC(=O)OCCCCC(C)(C)CN(C[C@@H](O)[C@H](Cc1ccccc1)N(C(=O)O)[C@H]1CO[C@H]2OCC[C@H]21)S(=O)(=O)c1ccc2c(c1)OCO2. The van der Waals surface area contributed by atoms with Crippen LogP contribution in [0.1, 0.15) is 64.9 Å². The van der Waals surface area contributed by atoms with Crippen molar-refractivity contribution < 1.29 is 51.9 Å². The highest BCUT2D eigenvalue weighted by Gasteiger charge is 2.49. The molecular weight excluding hydrogens is 694 g/mol. The number of nitrogens with zero attached hydrogens (tertiary/aromatic N) is 2. The number of fused-ring (bicyclic) bond motifs is 2. The fraction of sp³-hybridized carbons (Fsp3) is 0.622. The summed E-state index contributed by atoms with van der Waals surface area (Å²) in [5, 5.41) is 25.5. The van der Waals surface area contributed by atoms with E-state index in [1.54, 1.807) is 0 Å². The first-order valence-corrected chi connectivity index (χ1v) is 19.6. The van der Waals surface area contributed by atoms with Crippen LogP contribution in [0.3, 0.4) is 0 Å². The number of rotatable bonds is 19. The van der Waals surface area contributed by atoms with Crippen LogP contribution in [-0.2, 0) is 30.7 Å². The number of unbranched alkanes of at least 4 members (excludes halogenated alkanes) is 2. The van der Waals surface area contributed by atoms with Crippen molar-refractivity contribution in [3.8, 4) is 11.5 Å². The molecule has 5 atom stereocenters. The van der Waals surface area contributed by atoms with E-state index in [9.17, 15) is 28.2 Å². The second-order valence-corrected chi connectivity index (χ2v) is 16.4. The maximum atomic E-state index is 14.5. The summed E-state index contributed by atoms with van der Waals surface area (Å²) in [6.45, 7) is 6.89. The minimum atomic E-state index is -4.24. The lowest BCUT2D eigenvalue weighted by molar-refractivity contribution is -0.0906. The van der Waals surface area contributed by atoms with Gasteiger partial charge in [0.1, 0.15) is 0 Å². The Morgan fingerprint density at radius 2 is 1.83 bits per heavy atom. The maximum Gasteiger partial charge on any atom is 0.407 e. The Labute approximate surface area is 306 Å². The molecule has 2 amide bonds. The van der Waals surface area contributed by atoms with Crippen molar-refractivity contribution in [2.24, 2.45) is 11.3 Å². The highest BCUT2D eigenvalue weighted by atomic mass is 32.2. The van der Waals surface area contributed by atoms with Gasteiger partial charge in [-0.3, -0.25) is 4.90 Å². The smallest absolute Gasteiger partial charge is 0.407 e. The van der Waals surface area contributed by atoms with E-state index in [1.807, 2.05) is 51.1 Å². The van der Waals surface area contributed by atoms with Crippen LogP contribution in [0.25, 0.3) is 0 Å². The minimum absolute atomic E-state index is 0.0232. The number of hydrogen-bond donors (Lipinski definition) is 3. The highest BCUT2D eigenvalue weighted by molar-refractivity contribution is 7.89. The summed E-state index contributed by atoms with van der Waals surface area (Å²) < 4.78 is 57.9. The summed E-state index contributed by atoms with van der Waals surface area (Å²) in [7, 11) is -4.24. The van der Waals surface area contributed by atoms with Gasteiger partial charge >= 0.3 is 12.2 Å². The summed E-state index contributed by atoms with van der Waals surface area (Å²) in [6.07, 6.45) is 0.807. The largest absolute Gasteiger partial charge is 0.465 e. The molecule has 0 aliphatic carbocycles. The molecule has 15 heteroatoms. The first-order chi connectivity index (χ1) is 24.9.